The molecule has 5 heteroatoms. The lowest BCUT2D eigenvalue weighted by Gasteiger charge is -2.32. The highest BCUT2D eigenvalue weighted by atomic mass is 16.2. The Morgan fingerprint density at radius 2 is 1.87 bits per heavy atom. The van der Waals surface area contributed by atoms with Crippen LogP contribution in [0.1, 0.15) is 45.6 Å². The summed E-state index contributed by atoms with van der Waals surface area (Å²) in [7, 11) is 0. The van der Waals surface area contributed by atoms with E-state index >= 15 is 0 Å². The van der Waals surface area contributed by atoms with Crippen molar-refractivity contribution in [3.8, 4) is 0 Å². The molecule has 0 aromatic heterocycles. The van der Waals surface area contributed by atoms with Crippen molar-refractivity contribution >= 4 is 17.5 Å². The Morgan fingerprint density at radius 3 is 2.43 bits per heavy atom. The zero-order valence-electron chi connectivity index (χ0n) is 14.3. The molecule has 1 aliphatic heterocycles. The van der Waals surface area contributed by atoms with Gasteiger partial charge < -0.3 is 11.1 Å². The van der Waals surface area contributed by atoms with Crippen molar-refractivity contribution in [1.29, 1.82) is 0 Å². The molecule has 0 bridgehead atoms. The number of nitrogens with zero attached hydrogens (tertiary/aromatic N) is 1. The summed E-state index contributed by atoms with van der Waals surface area (Å²) in [6.45, 7) is 7.40. The van der Waals surface area contributed by atoms with Gasteiger partial charge in [0, 0.05) is 5.69 Å². The molecule has 5 nitrogen and oxygen atoms in total. The number of nitrogens with one attached hydrogen (secondary N) is 1. The van der Waals surface area contributed by atoms with E-state index < -0.39 is 0 Å². The van der Waals surface area contributed by atoms with Crippen LogP contribution in [-0.4, -0.2) is 35.8 Å². The number of carbonyl (C=O) groups excluding carboxylic acids is 2. The normalized spacial score (nSPS) is 19.3. The third-order valence-corrected chi connectivity index (χ3v) is 4.32. The number of piperidine rings is 1. The van der Waals surface area contributed by atoms with Gasteiger partial charge in [0.15, 0.2) is 0 Å². The third kappa shape index (κ3) is 4.79. The molecule has 2 amide bonds. The summed E-state index contributed by atoms with van der Waals surface area (Å²) < 4.78 is 0. The number of benzene rings is 1. The van der Waals surface area contributed by atoms with Crippen molar-refractivity contribution < 1.29 is 9.59 Å². The number of amides is 2. The Labute approximate surface area is 138 Å². The van der Waals surface area contributed by atoms with E-state index in [9.17, 15) is 9.59 Å². The topological polar surface area (TPSA) is 75.4 Å². The predicted octanol–water partition coefficient (Wildman–Crippen LogP) is 2.26. The Balaban J connectivity index is 1.95. The van der Waals surface area contributed by atoms with Crippen molar-refractivity contribution in [2.24, 2.45) is 5.73 Å². The van der Waals surface area contributed by atoms with E-state index in [0.29, 0.717) is 0 Å². The number of primary amides is 1. The summed E-state index contributed by atoms with van der Waals surface area (Å²) >= 11 is 0. The fourth-order valence-electron chi connectivity index (χ4n) is 2.94. The molecule has 0 unspecified atom stereocenters. The summed E-state index contributed by atoms with van der Waals surface area (Å²) in [6.07, 6.45) is 2.72. The molecule has 3 N–H and O–H groups in total. The van der Waals surface area contributed by atoms with Crippen LogP contribution in [0.2, 0.25) is 0 Å². The van der Waals surface area contributed by atoms with Gasteiger partial charge in [0.1, 0.15) is 0 Å². The fourth-order valence-corrected chi connectivity index (χ4v) is 2.94. The van der Waals surface area contributed by atoms with Crippen LogP contribution >= 0.6 is 0 Å². The monoisotopic (exact) mass is 317 g/mol. The minimum Gasteiger partial charge on any atom is -0.368 e. The van der Waals surface area contributed by atoms with E-state index in [1.807, 2.05) is 29.2 Å². The molecule has 0 spiro atoms. The van der Waals surface area contributed by atoms with Gasteiger partial charge in [-0.2, -0.15) is 0 Å². The predicted molar refractivity (Wildman–Crippen MR) is 92.2 cm³/mol. The van der Waals surface area contributed by atoms with E-state index in [0.717, 1.165) is 31.5 Å². The SMILES string of the molecule is CC(C)(C)c1ccc(NC(=O)CN2CCCC[C@@H]2C(N)=O)cc1. The van der Waals surface area contributed by atoms with Gasteiger partial charge in [-0.15, -0.1) is 0 Å². The lowest BCUT2D eigenvalue weighted by Crippen LogP contribution is -2.50. The highest BCUT2D eigenvalue weighted by Gasteiger charge is 2.28. The van der Waals surface area contributed by atoms with Gasteiger partial charge in [-0.25, -0.2) is 0 Å². The zero-order valence-corrected chi connectivity index (χ0v) is 14.3. The lowest BCUT2D eigenvalue weighted by atomic mass is 9.87. The number of rotatable bonds is 4. The van der Waals surface area contributed by atoms with Gasteiger partial charge in [-0.1, -0.05) is 39.3 Å². The number of nitrogens with two attached hydrogens (primary N) is 1. The standard InChI is InChI=1S/C18H27N3O2/c1-18(2,3)13-7-9-14(10-8-13)20-16(22)12-21-11-5-4-6-15(21)17(19)23/h7-10,15H,4-6,11-12H2,1-3H3,(H2,19,23)(H,20,22)/t15-/m1/s1. The number of hydrogen-bond acceptors (Lipinski definition) is 3. The molecule has 1 saturated heterocycles. The molecule has 0 saturated carbocycles. The van der Waals surface area contributed by atoms with E-state index in [1.54, 1.807) is 0 Å². The van der Waals surface area contributed by atoms with E-state index in [1.165, 1.54) is 5.56 Å². The summed E-state index contributed by atoms with van der Waals surface area (Å²) in [4.78, 5) is 25.6. The minimum absolute atomic E-state index is 0.0883. The van der Waals surface area contributed by atoms with Crippen molar-refractivity contribution in [1.82, 2.24) is 4.90 Å². The summed E-state index contributed by atoms with van der Waals surface area (Å²) in [6, 6.07) is 7.57. The summed E-state index contributed by atoms with van der Waals surface area (Å²) in [5.41, 5.74) is 7.52. The first-order chi connectivity index (χ1) is 10.8. The fraction of sp³-hybridized carbons (Fsp3) is 0.556. The average molecular weight is 317 g/mol. The maximum atomic E-state index is 12.2. The van der Waals surface area contributed by atoms with Crippen LogP contribution in [0, 0.1) is 0 Å². The van der Waals surface area contributed by atoms with E-state index in [-0.39, 0.29) is 29.8 Å². The molecule has 1 aromatic rings. The second-order valence-corrected chi connectivity index (χ2v) is 7.26. The van der Waals surface area contributed by atoms with Crippen LogP contribution in [0.5, 0.6) is 0 Å². The molecule has 1 aliphatic rings. The molecule has 2 rings (SSSR count). The van der Waals surface area contributed by atoms with Crippen LogP contribution in [0.25, 0.3) is 0 Å². The summed E-state index contributed by atoms with van der Waals surface area (Å²) in [5, 5.41) is 2.89. The number of hydrogen-bond donors (Lipinski definition) is 2. The van der Waals surface area contributed by atoms with Crippen LogP contribution in [0.15, 0.2) is 24.3 Å². The van der Waals surface area contributed by atoms with E-state index in [4.69, 9.17) is 5.73 Å². The average Bonchev–Trinajstić information content (AvgIpc) is 2.47. The van der Waals surface area contributed by atoms with Crippen molar-refractivity contribution in [3.05, 3.63) is 29.8 Å². The maximum Gasteiger partial charge on any atom is 0.238 e. The van der Waals surface area contributed by atoms with Crippen LogP contribution in [0.3, 0.4) is 0 Å². The maximum absolute atomic E-state index is 12.2. The minimum atomic E-state index is -0.341. The van der Waals surface area contributed by atoms with Crippen LogP contribution < -0.4 is 11.1 Å². The van der Waals surface area contributed by atoms with Gasteiger partial charge in [0.2, 0.25) is 11.8 Å². The smallest absolute Gasteiger partial charge is 0.238 e. The summed E-state index contributed by atoms with van der Waals surface area (Å²) in [5.74, 6) is -0.450. The molecule has 0 radical (unpaired) electrons. The molecular weight excluding hydrogens is 290 g/mol. The van der Waals surface area contributed by atoms with Crippen molar-refractivity contribution in [3.63, 3.8) is 0 Å². The first kappa shape index (κ1) is 17.5. The molecule has 1 atom stereocenters. The van der Waals surface area contributed by atoms with Crippen molar-refractivity contribution in [2.75, 3.05) is 18.4 Å². The Hall–Kier alpha value is -1.88. The molecule has 1 aromatic carbocycles. The number of carbonyl (C=O) groups is 2. The van der Waals surface area contributed by atoms with Gasteiger partial charge in [-0.3, -0.25) is 14.5 Å². The van der Waals surface area contributed by atoms with Gasteiger partial charge in [0.05, 0.1) is 12.6 Å². The first-order valence-corrected chi connectivity index (χ1v) is 8.21. The first-order valence-electron chi connectivity index (χ1n) is 8.21. The van der Waals surface area contributed by atoms with Crippen molar-refractivity contribution in [2.45, 2.75) is 51.5 Å². The zero-order chi connectivity index (χ0) is 17.0. The van der Waals surface area contributed by atoms with Gasteiger partial charge >= 0.3 is 0 Å². The Morgan fingerprint density at radius 1 is 1.22 bits per heavy atom. The number of anilines is 1. The highest BCUT2D eigenvalue weighted by molar-refractivity contribution is 5.92. The van der Waals surface area contributed by atoms with E-state index in [2.05, 4.69) is 26.1 Å². The molecule has 126 valence electrons. The second kappa shape index (κ2) is 7.13. The second-order valence-electron chi connectivity index (χ2n) is 7.26. The van der Waals surface area contributed by atoms with Crippen LogP contribution in [-0.2, 0) is 15.0 Å². The quantitative estimate of drug-likeness (QED) is 0.894. The highest BCUT2D eigenvalue weighted by Crippen LogP contribution is 2.23. The molecule has 1 fully saturated rings. The third-order valence-electron chi connectivity index (χ3n) is 4.32. The molecule has 1 heterocycles. The Bertz CT molecular complexity index is 561. The van der Waals surface area contributed by atoms with Gasteiger partial charge in [0.25, 0.3) is 0 Å². The van der Waals surface area contributed by atoms with Gasteiger partial charge in [-0.05, 0) is 42.5 Å². The number of likely N-dealkylation sites (tertiary alicyclic amines) is 1. The largest absolute Gasteiger partial charge is 0.368 e. The Kier molecular flexibility index (Phi) is 5.42. The molecule has 23 heavy (non-hydrogen) atoms. The molecular formula is C18H27N3O2. The lowest BCUT2D eigenvalue weighted by molar-refractivity contribution is -0.126. The molecule has 0 aliphatic carbocycles. The van der Waals surface area contributed by atoms with Crippen LogP contribution in [0.4, 0.5) is 5.69 Å².